The first kappa shape index (κ1) is 12.7. The maximum atomic E-state index is 8.98. The van der Waals surface area contributed by atoms with Crippen molar-refractivity contribution in [2.45, 2.75) is 31.7 Å². The number of hydrogen-bond donors (Lipinski definition) is 2. The maximum absolute atomic E-state index is 8.98. The Bertz CT molecular complexity index is 380. The molecule has 0 saturated heterocycles. The lowest BCUT2D eigenvalue weighted by molar-refractivity contribution is 0.283. The van der Waals surface area contributed by atoms with Crippen molar-refractivity contribution in [1.82, 2.24) is 0 Å². The quantitative estimate of drug-likeness (QED) is 0.822. The summed E-state index contributed by atoms with van der Waals surface area (Å²) in [5.74, 6) is 0. The first-order valence-corrected chi connectivity index (χ1v) is 6.94. The molecule has 0 bridgehead atoms. The van der Waals surface area contributed by atoms with Crippen LogP contribution >= 0.6 is 15.9 Å². The predicted octanol–water partition coefficient (Wildman–Crippen LogP) is 2.77. The summed E-state index contributed by atoms with van der Waals surface area (Å²) in [5, 5.41) is 8.98. The molecule has 1 aliphatic carbocycles. The molecule has 0 amide bonds. The van der Waals surface area contributed by atoms with Crippen LogP contribution in [-0.4, -0.2) is 24.3 Å². The third-order valence-corrected chi connectivity index (χ3v) is 3.86. The molecule has 0 aliphatic heterocycles. The second-order valence-corrected chi connectivity index (χ2v) is 5.47. The monoisotopic (exact) mass is 298 g/mol. The maximum Gasteiger partial charge on any atom is 0.0603 e. The Kier molecular flexibility index (Phi) is 4.29. The van der Waals surface area contributed by atoms with Crippen LogP contribution in [0.5, 0.6) is 0 Å². The summed E-state index contributed by atoms with van der Waals surface area (Å²) >= 11 is 3.43. The highest BCUT2D eigenvalue weighted by Crippen LogP contribution is 2.34. The smallest absolute Gasteiger partial charge is 0.0603 e. The summed E-state index contributed by atoms with van der Waals surface area (Å²) in [7, 11) is 0. The molecule has 1 fully saturated rings. The van der Waals surface area contributed by atoms with Crippen molar-refractivity contribution in [3.8, 4) is 0 Å². The zero-order valence-electron chi connectivity index (χ0n) is 9.90. The highest BCUT2D eigenvalue weighted by Gasteiger charge is 2.25. The van der Waals surface area contributed by atoms with E-state index in [1.165, 1.54) is 19.3 Å². The van der Waals surface area contributed by atoms with Crippen LogP contribution in [0, 0.1) is 0 Å². The van der Waals surface area contributed by atoms with E-state index in [4.69, 9.17) is 10.8 Å². The second-order valence-electron chi connectivity index (χ2n) is 4.56. The molecule has 0 radical (unpaired) electrons. The van der Waals surface area contributed by atoms with Gasteiger partial charge in [0, 0.05) is 23.7 Å². The van der Waals surface area contributed by atoms with Crippen LogP contribution < -0.4 is 10.6 Å². The Hall–Kier alpha value is -0.740. The zero-order chi connectivity index (χ0) is 12.3. The van der Waals surface area contributed by atoms with Gasteiger partial charge in [0.1, 0.15) is 0 Å². The molecule has 1 aromatic carbocycles. The minimum atomic E-state index is 0.236. The molecule has 3 nitrogen and oxygen atoms in total. The molecule has 2 rings (SSSR count). The van der Waals surface area contributed by atoms with Gasteiger partial charge in [-0.3, -0.25) is 0 Å². The van der Waals surface area contributed by atoms with Gasteiger partial charge < -0.3 is 15.7 Å². The summed E-state index contributed by atoms with van der Waals surface area (Å²) in [4.78, 5) is 2.35. The molecular formula is C13H19BrN2O. The van der Waals surface area contributed by atoms with E-state index in [1.54, 1.807) is 0 Å². The molecule has 0 unspecified atom stereocenters. The van der Waals surface area contributed by atoms with Gasteiger partial charge in [0.25, 0.3) is 0 Å². The highest BCUT2D eigenvalue weighted by molar-refractivity contribution is 9.10. The molecule has 1 saturated carbocycles. The van der Waals surface area contributed by atoms with Crippen LogP contribution in [0.25, 0.3) is 0 Å². The number of hydrogen-bond acceptors (Lipinski definition) is 3. The van der Waals surface area contributed by atoms with Crippen molar-refractivity contribution < 1.29 is 5.11 Å². The van der Waals surface area contributed by atoms with Crippen LogP contribution in [0.4, 0.5) is 11.4 Å². The standard InChI is InChI=1S/C13H19BrN2O/c14-10-5-6-13(12(15)9-10)16(7-2-8-17)11-3-1-4-11/h5-6,9,11,17H,1-4,7-8,15H2. The van der Waals surface area contributed by atoms with Gasteiger partial charge in [-0.1, -0.05) is 15.9 Å². The van der Waals surface area contributed by atoms with Crippen LogP contribution in [0.3, 0.4) is 0 Å². The average Bonchev–Trinajstić information content (AvgIpc) is 2.22. The molecular weight excluding hydrogens is 280 g/mol. The fourth-order valence-corrected chi connectivity index (χ4v) is 2.60. The molecule has 1 aliphatic rings. The third kappa shape index (κ3) is 2.93. The van der Waals surface area contributed by atoms with Gasteiger partial charge in [0.05, 0.1) is 11.4 Å². The van der Waals surface area contributed by atoms with Crippen molar-refractivity contribution >= 4 is 27.3 Å². The largest absolute Gasteiger partial charge is 0.397 e. The SMILES string of the molecule is Nc1cc(Br)ccc1N(CCCO)C1CCC1. The first-order valence-electron chi connectivity index (χ1n) is 6.15. The number of anilines is 2. The number of aliphatic hydroxyl groups excluding tert-OH is 1. The van der Waals surface area contributed by atoms with Crippen LogP contribution in [0.2, 0.25) is 0 Å². The van der Waals surface area contributed by atoms with Crippen molar-refractivity contribution in [2.24, 2.45) is 0 Å². The van der Waals surface area contributed by atoms with Crippen molar-refractivity contribution in [1.29, 1.82) is 0 Å². The Morgan fingerprint density at radius 2 is 2.18 bits per heavy atom. The van der Waals surface area contributed by atoms with E-state index in [0.717, 1.165) is 28.8 Å². The number of rotatable bonds is 5. The predicted molar refractivity (Wildman–Crippen MR) is 75.2 cm³/mol. The van der Waals surface area contributed by atoms with E-state index in [9.17, 15) is 0 Å². The topological polar surface area (TPSA) is 49.5 Å². The minimum absolute atomic E-state index is 0.236. The van der Waals surface area contributed by atoms with E-state index in [0.29, 0.717) is 6.04 Å². The van der Waals surface area contributed by atoms with Gasteiger partial charge in [0.2, 0.25) is 0 Å². The van der Waals surface area contributed by atoms with Crippen LogP contribution in [0.1, 0.15) is 25.7 Å². The highest BCUT2D eigenvalue weighted by atomic mass is 79.9. The van der Waals surface area contributed by atoms with Crippen molar-refractivity contribution in [2.75, 3.05) is 23.8 Å². The molecule has 0 spiro atoms. The Morgan fingerprint density at radius 1 is 1.41 bits per heavy atom. The number of nitrogens with zero attached hydrogens (tertiary/aromatic N) is 1. The summed E-state index contributed by atoms with van der Waals surface area (Å²) in [6.45, 7) is 1.12. The van der Waals surface area contributed by atoms with Crippen molar-refractivity contribution in [3.63, 3.8) is 0 Å². The summed E-state index contributed by atoms with van der Waals surface area (Å²) < 4.78 is 1.01. The summed E-state index contributed by atoms with van der Waals surface area (Å²) in [6, 6.07) is 6.63. The van der Waals surface area contributed by atoms with E-state index >= 15 is 0 Å². The number of benzene rings is 1. The molecule has 0 aromatic heterocycles. The fraction of sp³-hybridized carbons (Fsp3) is 0.538. The molecule has 1 aromatic rings. The first-order chi connectivity index (χ1) is 8.22. The lowest BCUT2D eigenvalue weighted by Gasteiger charge is -2.40. The molecule has 17 heavy (non-hydrogen) atoms. The number of aliphatic hydroxyl groups is 1. The van der Waals surface area contributed by atoms with Gasteiger partial charge in [-0.15, -0.1) is 0 Å². The Labute approximate surface area is 111 Å². The van der Waals surface area contributed by atoms with Gasteiger partial charge in [-0.25, -0.2) is 0 Å². The van der Waals surface area contributed by atoms with E-state index in [1.807, 2.05) is 12.1 Å². The van der Waals surface area contributed by atoms with E-state index < -0.39 is 0 Å². The van der Waals surface area contributed by atoms with Gasteiger partial charge in [0.15, 0.2) is 0 Å². The fourth-order valence-electron chi connectivity index (χ4n) is 2.23. The number of nitrogens with two attached hydrogens (primary N) is 1. The molecule has 3 N–H and O–H groups in total. The molecule has 94 valence electrons. The van der Waals surface area contributed by atoms with E-state index in [-0.39, 0.29) is 6.61 Å². The third-order valence-electron chi connectivity index (χ3n) is 3.37. The molecule has 4 heteroatoms. The Morgan fingerprint density at radius 3 is 2.71 bits per heavy atom. The zero-order valence-corrected chi connectivity index (χ0v) is 11.5. The minimum Gasteiger partial charge on any atom is -0.397 e. The van der Waals surface area contributed by atoms with Gasteiger partial charge >= 0.3 is 0 Å². The normalized spacial score (nSPS) is 15.6. The lowest BCUT2D eigenvalue weighted by Crippen LogP contribution is -2.41. The van der Waals surface area contributed by atoms with Gasteiger partial charge in [-0.05, 0) is 43.9 Å². The van der Waals surface area contributed by atoms with Crippen LogP contribution in [-0.2, 0) is 0 Å². The summed E-state index contributed by atoms with van der Waals surface area (Å²) in [5.41, 5.74) is 7.99. The van der Waals surface area contributed by atoms with Gasteiger partial charge in [-0.2, -0.15) is 0 Å². The summed E-state index contributed by atoms with van der Waals surface area (Å²) in [6.07, 6.45) is 4.57. The molecule has 0 heterocycles. The average molecular weight is 299 g/mol. The van der Waals surface area contributed by atoms with Crippen LogP contribution in [0.15, 0.2) is 22.7 Å². The lowest BCUT2D eigenvalue weighted by atomic mass is 9.90. The van der Waals surface area contributed by atoms with E-state index in [2.05, 4.69) is 26.9 Å². The van der Waals surface area contributed by atoms with Crippen molar-refractivity contribution in [3.05, 3.63) is 22.7 Å². The Balaban J connectivity index is 2.17. The second kappa shape index (κ2) is 5.74. The molecule has 0 atom stereocenters. The number of nitrogen functional groups attached to an aromatic ring is 1. The number of halogens is 1.